The number of alkyl halides is 3. The number of H-pyrrole nitrogens is 1. The smallest absolute Gasteiger partial charge is 0.361 e. The Morgan fingerprint density at radius 1 is 1.35 bits per heavy atom. The van der Waals surface area contributed by atoms with E-state index in [2.05, 4.69) is 10.3 Å². The molecule has 7 heteroatoms. The van der Waals surface area contributed by atoms with E-state index in [0.29, 0.717) is 31.6 Å². The molecule has 0 bridgehead atoms. The minimum absolute atomic E-state index is 0.0653. The summed E-state index contributed by atoms with van der Waals surface area (Å²) >= 11 is 0. The summed E-state index contributed by atoms with van der Waals surface area (Å²) in [5.74, 6) is -0.133. The van der Waals surface area contributed by atoms with Gasteiger partial charge in [0.1, 0.15) is 0 Å². The summed E-state index contributed by atoms with van der Waals surface area (Å²) in [6.45, 7) is 0.320. The van der Waals surface area contributed by atoms with E-state index in [0.717, 1.165) is 10.9 Å². The van der Waals surface area contributed by atoms with E-state index < -0.39 is 12.7 Å². The number of amides is 1. The zero-order valence-electron chi connectivity index (χ0n) is 12.5. The molecule has 1 aromatic carbocycles. The Morgan fingerprint density at radius 2 is 2.17 bits per heavy atom. The summed E-state index contributed by atoms with van der Waals surface area (Å²) in [5, 5.41) is 3.85. The van der Waals surface area contributed by atoms with E-state index in [-0.39, 0.29) is 11.8 Å². The molecule has 1 aliphatic heterocycles. The second-order valence-electron chi connectivity index (χ2n) is 5.99. The quantitative estimate of drug-likeness (QED) is 0.908. The summed E-state index contributed by atoms with van der Waals surface area (Å²) in [5.41, 5.74) is 1.43. The van der Waals surface area contributed by atoms with Gasteiger partial charge in [0, 0.05) is 30.4 Å². The maximum absolute atomic E-state index is 12.4. The van der Waals surface area contributed by atoms with E-state index in [9.17, 15) is 18.0 Å². The molecule has 1 aliphatic rings. The number of hydrogen-bond acceptors (Lipinski definition) is 2. The molecule has 0 saturated carbocycles. The predicted molar refractivity (Wildman–Crippen MR) is 81.2 cm³/mol. The lowest BCUT2D eigenvalue weighted by Gasteiger charge is -2.18. The van der Waals surface area contributed by atoms with Crippen LogP contribution in [0.2, 0.25) is 0 Å². The Labute approximate surface area is 131 Å². The van der Waals surface area contributed by atoms with Crippen LogP contribution in [0.4, 0.5) is 13.2 Å². The lowest BCUT2D eigenvalue weighted by molar-refractivity contribution is -0.143. The molecule has 23 heavy (non-hydrogen) atoms. The predicted octanol–water partition coefficient (Wildman–Crippen LogP) is 2.78. The van der Waals surface area contributed by atoms with E-state index in [1.165, 1.54) is 4.90 Å². The van der Waals surface area contributed by atoms with E-state index in [1.54, 1.807) is 18.3 Å². The van der Waals surface area contributed by atoms with Gasteiger partial charge in [-0.2, -0.15) is 13.2 Å². The number of aromatic amines is 1. The van der Waals surface area contributed by atoms with Crippen molar-refractivity contribution in [2.24, 2.45) is 5.92 Å². The number of carbonyl (C=O) groups excluding carboxylic acids is 1. The number of hydrogen-bond donors (Lipinski definition) is 2. The second-order valence-corrected chi connectivity index (χ2v) is 5.99. The molecule has 0 aliphatic carbocycles. The van der Waals surface area contributed by atoms with Crippen LogP contribution in [0.5, 0.6) is 0 Å². The van der Waals surface area contributed by atoms with Crippen LogP contribution in [-0.2, 0) is 0 Å². The van der Waals surface area contributed by atoms with E-state index in [1.807, 2.05) is 12.1 Å². The van der Waals surface area contributed by atoms with Gasteiger partial charge in [0.05, 0.1) is 6.54 Å². The van der Waals surface area contributed by atoms with Gasteiger partial charge in [0.15, 0.2) is 0 Å². The Kier molecular flexibility index (Phi) is 4.30. The van der Waals surface area contributed by atoms with Crippen LogP contribution >= 0.6 is 0 Å². The Bertz CT molecular complexity index is 695. The van der Waals surface area contributed by atoms with Crippen molar-refractivity contribution in [1.29, 1.82) is 0 Å². The molecule has 1 fully saturated rings. The number of aromatic nitrogens is 1. The van der Waals surface area contributed by atoms with Crippen LogP contribution in [0, 0.1) is 5.92 Å². The standard InChI is InChI=1S/C16H18F3N3O/c17-16(18,19)10-22-6-4-11(9-22)8-21-15(23)13-2-1-12-3-5-20-14(12)7-13/h1-3,5,7,11,20H,4,6,8-10H2,(H,21,23)/t11-/m1/s1. The lowest BCUT2D eigenvalue weighted by atomic mass is 10.1. The van der Waals surface area contributed by atoms with Crippen LogP contribution in [-0.4, -0.2) is 48.1 Å². The topological polar surface area (TPSA) is 48.1 Å². The van der Waals surface area contributed by atoms with Crippen LogP contribution in [0.3, 0.4) is 0 Å². The van der Waals surface area contributed by atoms with Gasteiger partial charge in [-0.05, 0) is 42.5 Å². The van der Waals surface area contributed by atoms with Gasteiger partial charge < -0.3 is 10.3 Å². The van der Waals surface area contributed by atoms with Crippen molar-refractivity contribution in [3.8, 4) is 0 Å². The van der Waals surface area contributed by atoms with Crippen LogP contribution in [0.15, 0.2) is 30.5 Å². The zero-order valence-corrected chi connectivity index (χ0v) is 12.5. The molecule has 1 amide bonds. The molecule has 0 unspecified atom stereocenters. The number of halogens is 3. The maximum atomic E-state index is 12.4. The zero-order chi connectivity index (χ0) is 16.4. The fourth-order valence-electron chi connectivity index (χ4n) is 3.00. The van der Waals surface area contributed by atoms with Crippen molar-refractivity contribution in [3.63, 3.8) is 0 Å². The summed E-state index contributed by atoms with van der Waals surface area (Å²) in [6, 6.07) is 7.30. The molecular formula is C16H18F3N3O. The summed E-state index contributed by atoms with van der Waals surface area (Å²) < 4.78 is 37.1. The molecule has 2 heterocycles. The molecular weight excluding hydrogens is 307 g/mol. The van der Waals surface area contributed by atoms with Crippen molar-refractivity contribution < 1.29 is 18.0 Å². The van der Waals surface area contributed by atoms with Gasteiger partial charge in [0.25, 0.3) is 5.91 Å². The number of nitrogens with zero attached hydrogens (tertiary/aromatic N) is 1. The first kappa shape index (κ1) is 15.9. The minimum atomic E-state index is -4.16. The molecule has 3 rings (SSSR count). The largest absolute Gasteiger partial charge is 0.401 e. The molecule has 124 valence electrons. The summed E-state index contributed by atoms with van der Waals surface area (Å²) in [4.78, 5) is 16.6. The van der Waals surface area contributed by atoms with Gasteiger partial charge in [-0.25, -0.2) is 0 Å². The van der Waals surface area contributed by atoms with Crippen LogP contribution < -0.4 is 5.32 Å². The number of fused-ring (bicyclic) bond motifs is 1. The first-order valence-corrected chi connectivity index (χ1v) is 7.55. The third-order valence-electron chi connectivity index (χ3n) is 4.14. The van der Waals surface area contributed by atoms with Crippen molar-refractivity contribution in [3.05, 3.63) is 36.0 Å². The highest BCUT2D eigenvalue weighted by molar-refractivity contribution is 5.97. The highest BCUT2D eigenvalue weighted by Crippen LogP contribution is 2.22. The average Bonchev–Trinajstić information content (AvgIpc) is 3.11. The Morgan fingerprint density at radius 3 is 2.96 bits per heavy atom. The van der Waals surface area contributed by atoms with Gasteiger partial charge in [-0.3, -0.25) is 9.69 Å². The highest BCUT2D eigenvalue weighted by atomic mass is 19.4. The molecule has 1 aromatic heterocycles. The lowest BCUT2D eigenvalue weighted by Crippen LogP contribution is -2.34. The van der Waals surface area contributed by atoms with Crippen LogP contribution in [0.25, 0.3) is 10.9 Å². The fourth-order valence-corrected chi connectivity index (χ4v) is 3.00. The number of likely N-dealkylation sites (tertiary alicyclic amines) is 1. The Balaban J connectivity index is 1.51. The van der Waals surface area contributed by atoms with Gasteiger partial charge in [-0.15, -0.1) is 0 Å². The average molecular weight is 325 g/mol. The van der Waals surface area contributed by atoms with Gasteiger partial charge in [0.2, 0.25) is 0 Å². The summed E-state index contributed by atoms with van der Waals surface area (Å²) in [7, 11) is 0. The molecule has 1 atom stereocenters. The number of rotatable bonds is 4. The first-order chi connectivity index (χ1) is 10.9. The number of nitrogens with one attached hydrogen (secondary N) is 2. The highest BCUT2D eigenvalue weighted by Gasteiger charge is 2.34. The van der Waals surface area contributed by atoms with E-state index in [4.69, 9.17) is 0 Å². The van der Waals surface area contributed by atoms with Crippen molar-refractivity contribution >= 4 is 16.8 Å². The minimum Gasteiger partial charge on any atom is -0.361 e. The molecule has 0 spiro atoms. The molecule has 4 nitrogen and oxygen atoms in total. The fraction of sp³-hybridized carbons (Fsp3) is 0.438. The molecule has 2 aromatic rings. The maximum Gasteiger partial charge on any atom is 0.401 e. The van der Waals surface area contributed by atoms with E-state index >= 15 is 0 Å². The third kappa shape index (κ3) is 4.04. The normalized spacial score (nSPS) is 19.3. The van der Waals surface area contributed by atoms with Crippen molar-refractivity contribution in [2.75, 3.05) is 26.2 Å². The summed E-state index contributed by atoms with van der Waals surface area (Å²) in [6.07, 6.45) is -1.68. The van der Waals surface area contributed by atoms with Crippen LogP contribution in [0.1, 0.15) is 16.8 Å². The number of benzene rings is 1. The van der Waals surface area contributed by atoms with Gasteiger partial charge >= 0.3 is 6.18 Å². The molecule has 2 N–H and O–H groups in total. The van der Waals surface area contributed by atoms with Crippen molar-refractivity contribution in [2.45, 2.75) is 12.6 Å². The Hall–Kier alpha value is -2.02. The second kappa shape index (κ2) is 6.23. The van der Waals surface area contributed by atoms with Gasteiger partial charge in [-0.1, -0.05) is 6.07 Å². The SMILES string of the molecule is O=C(NC[C@H]1CCN(CC(F)(F)F)C1)c1ccc2cc[nH]c2c1. The third-order valence-corrected chi connectivity index (χ3v) is 4.14. The molecule has 0 radical (unpaired) electrons. The molecule has 1 saturated heterocycles. The number of carbonyl (C=O) groups is 1. The van der Waals surface area contributed by atoms with Crippen molar-refractivity contribution in [1.82, 2.24) is 15.2 Å². The first-order valence-electron chi connectivity index (χ1n) is 7.55. The monoisotopic (exact) mass is 325 g/mol.